The number of carboxylic acids is 1. The molecule has 0 aromatic carbocycles. The molecule has 1 amide bonds. The number of ether oxygens (including phenoxy) is 1. The van der Waals surface area contributed by atoms with Crippen molar-refractivity contribution in [3.05, 3.63) is 18.5 Å². The third kappa shape index (κ3) is 4.38. The first-order chi connectivity index (χ1) is 10.2. The zero-order chi connectivity index (χ0) is 15.1. The fourth-order valence-electron chi connectivity index (χ4n) is 2.24. The number of aliphatic carboxylic acids is 1. The fourth-order valence-corrected chi connectivity index (χ4v) is 2.24. The Labute approximate surface area is 122 Å². The Hall–Kier alpha value is -2.22. The van der Waals surface area contributed by atoms with Crippen LogP contribution in [0.1, 0.15) is 12.8 Å². The van der Waals surface area contributed by atoms with Crippen molar-refractivity contribution in [1.82, 2.24) is 15.3 Å². The van der Waals surface area contributed by atoms with E-state index in [1.807, 2.05) is 4.90 Å². The van der Waals surface area contributed by atoms with E-state index < -0.39 is 5.97 Å². The molecule has 8 heteroatoms. The Bertz CT molecular complexity index is 482. The van der Waals surface area contributed by atoms with E-state index in [0.29, 0.717) is 5.95 Å². The van der Waals surface area contributed by atoms with Gasteiger partial charge in [0.2, 0.25) is 11.9 Å². The van der Waals surface area contributed by atoms with E-state index in [2.05, 4.69) is 15.3 Å². The molecule has 114 valence electrons. The maximum Gasteiger partial charge on any atom is 0.329 e. The van der Waals surface area contributed by atoms with Crippen LogP contribution >= 0.6 is 0 Å². The molecule has 2 N–H and O–H groups in total. The zero-order valence-corrected chi connectivity index (χ0v) is 11.6. The van der Waals surface area contributed by atoms with E-state index >= 15 is 0 Å². The summed E-state index contributed by atoms with van der Waals surface area (Å²) in [7, 11) is 0. The maximum atomic E-state index is 12.1. The molecule has 1 aromatic rings. The molecule has 0 radical (unpaired) electrons. The summed E-state index contributed by atoms with van der Waals surface area (Å²) in [5.74, 6) is -0.583. The second-order valence-electron chi connectivity index (χ2n) is 4.64. The number of aromatic nitrogens is 2. The molecule has 1 aliphatic heterocycles. The molecule has 1 aromatic heterocycles. The number of nitrogens with zero attached hydrogens (tertiary/aromatic N) is 3. The highest BCUT2D eigenvalue weighted by Crippen LogP contribution is 2.21. The summed E-state index contributed by atoms with van der Waals surface area (Å²) in [6, 6.07) is 1.45. The minimum atomic E-state index is -1.02. The molecule has 0 saturated carbocycles. The van der Waals surface area contributed by atoms with Gasteiger partial charge in [0.25, 0.3) is 0 Å². The van der Waals surface area contributed by atoms with E-state index in [1.54, 1.807) is 18.5 Å². The van der Waals surface area contributed by atoms with Crippen LogP contribution in [0.4, 0.5) is 5.95 Å². The summed E-state index contributed by atoms with van der Waals surface area (Å²) in [6.45, 7) is 0.847. The smallest absolute Gasteiger partial charge is 0.329 e. The van der Waals surface area contributed by atoms with Gasteiger partial charge in [0, 0.05) is 25.5 Å². The molecule has 0 bridgehead atoms. The summed E-state index contributed by atoms with van der Waals surface area (Å²) < 4.78 is 4.87. The van der Waals surface area contributed by atoms with E-state index in [1.165, 1.54) is 0 Å². The summed E-state index contributed by atoms with van der Waals surface area (Å²) in [5.41, 5.74) is 0. The van der Waals surface area contributed by atoms with Crippen LogP contribution in [0, 0.1) is 0 Å². The van der Waals surface area contributed by atoms with Gasteiger partial charge in [-0.05, 0) is 18.9 Å². The zero-order valence-electron chi connectivity index (χ0n) is 11.6. The normalized spacial score (nSPS) is 17.7. The number of amides is 1. The van der Waals surface area contributed by atoms with Gasteiger partial charge in [-0.2, -0.15) is 0 Å². The van der Waals surface area contributed by atoms with Crippen LogP contribution in [0.5, 0.6) is 0 Å². The Morgan fingerprint density at radius 1 is 1.43 bits per heavy atom. The third-order valence-corrected chi connectivity index (χ3v) is 3.14. The van der Waals surface area contributed by atoms with Gasteiger partial charge in [-0.15, -0.1) is 0 Å². The number of nitrogens with one attached hydrogen (secondary N) is 1. The molecule has 1 unspecified atom stereocenters. The van der Waals surface area contributed by atoms with Crippen LogP contribution in [0.15, 0.2) is 18.5 Å². The molecular formula is C13H18N4O4. The lowest BCUT2D eigenvalue weighted by atomic mass is 10.2. The Morgan fingerprint density at radius 2 is 2.19 bits per heavy atom. The van der Waals surface area contributed by atoms with Crippen LogP contribution in [0.3, 0.4) is 0 Å². The van der Waals surface area contributed by atoms with E-state index in [9.17, 15) is 9.59 Å². The largest absolute Gasteiger partial charge is 0.480 e. The second-order valence-corrected chi connectivity index (χ2v) is 4.64. The molecule has 1 aliphatic rings. The average Bonchev–Trinajstić information content (AvgIpc) is 2.97. The number of hydrogen-bond acceptors (Lipinski definition) is 6. The lowest BCUT2D eigenvalue weighted by Crippen LogP contribution is -2.45. The molecule has 8 nitrogen and oxygen atoms in total. The highest BCUT2D eigenvalue weighted by Gasteiger charge is 2.31. The van der Waals surface area contributed by atoms with Crippen molar-refractivity contribution in [2.45, 2.75) is 18.9 Å². The predicted octanol–water partition coefficient (Wildman–Crippen LogP) is -0.337. The van der Waals surface area contributed by atoms with Crippen LogP contribution in [0.25, 0.3) is 0 Å². The highest BCUT2D eigenvalue weighted by atomic mass is 16.5. The van der Waals surface area contributed by atoms with E-state index in [-0.39, 0.29) is 31.7 Å². The average molecular weight is 294 g/mol. The molecular weight excluding hydrogens is 276 g/mol. The SMILES string of the molecule is O=C(O)COCCNC(=O)C1CCCN1c1ncccn1. The lowest BCUT2D eigenvalue weighted by molar-refractivity contribution is -0.142. The number of carbonyl (C=O) groups is 2. The van der Waals surface area contributed by atoms with Crippen LogP contribution in [0.2, 0.25) is 0 Å². The van der Waals surface area contributed by atoms with Crippen molar-refractivity contribution in [3.8, 4) is 0 Å². The second kappa shape index (κ2) is 7.53. The lowest BCUT2D eigenvalue weighted by Gasteiger charge is -2.23. The van der Waals surface area contributed by atoms with Gasteiger partial charge < -0.3 is 20.1 Å². The monoisotopic (exact) mass is 294 g/mol. The predicted molar refractivity (Wildman–Crippen MR) is 73.9 cm³/mol. The van der Waals surface area contributed by atoms with Gasteiger partial charge in [0.1, 0.15) is 12.6 Å². The van der Waals surface area contributed by atoms with Gasteiger partial charge in [-0.3, -0.25) is 4.79 Å². The molecule has 2 rings (SSSR count). The molecule has 1 atom stereocenters. The van der Waals surface area contributed by atoms with E-state index in [4.69, 9.17) is 9.84 Å². The van der Waals surface area contributed by atoms with Crippen molar-refractivity contribution in [1.29, 1.82) is 0 Å². The molecule has 2 heterocycles. The number of anilines is 1. The third-order valence-electron chi connectivity index (χ3n) is 3.14. The van der Waals surface area contributed by atoms with Crippen molar-refractivity contribution in [3.63, 3.8) is 0 Å². The van der Waals surface area contributed by atoms with Crippen LogP contribution < -0.4 is 10.2 Å². The maximum absolute atomic E-state index is 12.1. The van der Waals surface area contributed by atoms with Gasteiger partial charge >= 0.3 is 5.97 Å². The quantitative estimate of drug-likeness (QED) is 0.663. The molecule has 1 fully saturated rings. The summed E-state index contributed by atoms with van der Waals surface area (Å²) in [4.78, 5) is 32.6. The molecule has 0 aliphatic carbocycles. The number of hydrogen-bond donors (Lipinski definition) is 2. The van der Waals surface area contributed by atoms with Crippen LogP contribution in [-0.2, 0) is 14.3 Å². The summed E-state index contributed by atoms with van der Waals surface area (Å²) in [5, 5.41) is 11.2. The van der Waals surface area contributed by atoms with Crippen molar-refractivity contribution in [2.24, 2.45) is 0 Å². The first-order valence-electron chi connectivity index (χ1n) is 6.79. The van der Waals surface area contributed by atoms with Crippen molar-refractivity contribution in [2.75, 3.05) is 31.2 Å². The summed E-state index contributed by atoms with van der Waals surface area (Å²) in [6.07, 6.45) is 4.96. The molecule has 1 saturated heterocycles. The molecule has 0 spiro atoms. The Balaban J connectivity index is 1.80. The van der Waals surface area contributed by atoms with Gasteiger partial charge in [-0.25, -0.2) is 14.8 Å². The minimum absolute atomic E-state index is 0.112. The first kappa shape index (κ1) is 15.2. The van der Waals surface area contributed by atoms with Crippen LogP contribution in [-0.4, -0.2) is 59.3 Å². The standard InChI is InChI=1S/C13H18N4O4/c18-11(19)9-21-8-6-14-12(20)10-3-1-7-17(10)13-15-4-2-5-16-13/h2,4-5,10H,1,3,6-9H2,(H,14,20)(H,18,19). The van der Waals surface area contributed by atoms with Gasteiger partial charge in [0.15, 0.2) is 0 Å². The van der Waals surface area contributed by atoms with Gasteiger partial charge in [-0.1, -0.05) is 0 Å². The van der Waals surface area contributed by atoms with Crippen molar-refractivity contribution >= 4 is 17.8 Å². The fraction of sp³-hybridized carbons (Fsp3) is 0.538. The highest BCUT2D eigenvalue weighted by molar-refractivity contribution is 5.85. The Morgan fingerprint density at radius 3 is 2.90 bits per heavy atom. The number of carbonyl (C=O) groups excluding carboxylic acids is 1. The minimum Gasteiger partial charge on any atom is -0.480 e. The summed E-state index contributed by atoms with van der Waals surface area (Å²) >= 11 is 0. The van der Waals surface area contributed by atoms with Gasteiger partial charge in [0.05, 0.1) is 6.61 Å². The molecule has 21 heavy (non-hydrogen) atoms. The first-order valence-corrected chi connectivity index (χ1v) is 6.79. The van der Waals surface area contributed by atoms with E-state index in [0.717, 1.165) is 19.4 Å². The number of rotatable bonds is 7. The topological polar surface area (TPSA) is 105 Å². The van der Waals surface area contributed by atoms with Crippen molar-refractivity contribution < 1.29 is 19.4 Å². The number of carboxylic acid groups (broad SMARTS) is 1. The Kier molecular flexibility index (Phi) is 5.44.